The lowest BCUT2D eigenvalue weighted by Crippen LogP contribution is -2.52. The summed E-state index contributed by atoms with van der Waals surface area (Å²) in [5.74, 6) is 1.35. The third-order valence-corrected chi connectivity index (χ3v) is 8.17. The summed E-state index contributed by atoms with van der Waals surface area (Å²) in [4.78, 5) is 33.2. The lowest BCUT2D eigenvalue weighted by Gasteiger charge is -2.43. The van der Waals surface area contributed by atoms with Gasteiger partial charge < -0.3 is 14.5 Å². The molecule has 0 bridgehead atoms. The van der Waals surface area contributed by atoms with Crippen LogP contribution >= 0.6 is 0 Å². The van der Waals surface area contributed by atoms with Gasteiger partial charge in [-0.05, 0) is 95.3 Å². The van der Waals surface area contributed by atoms with Gasteiger partial charge in [-0.1, -0.05) is 36.8 Å². The Hall–Kier alpha value is -2.86. The maximum Gasteiger partial charge on any atom is 0.241 e. The van der Waals surface area contributed by atoms with E-state index in [2.05, 4.69) is 43.0 Å². The minimum absolute atomic E-state index is 0.125. The van der Waals surface area contributed by atoms with Crippen LogP contribution in [0.3, 0.4) is 0 Å². The SMILES string of the molecule is CCN1CCOc2ccccc2CCCCC2(CCN(CC(=O)N(CC)c3cccc(C)c3)CC2)C1=O. The average molecular weight is 506 g/mol. The number of hydrogen-bond acceptors (Lipinski definition) is 4. The molecule has 200 valence electrons. The maximum atomic E-state index is 13.9. The molecule has 0 unspecified atom stereocenters. The second kappa shape index (κ2) is 12.6. The molecule has 0 aromatic heterocycles. The van der Waals surface area contributed by atoms with Gasteiger partial charge in [-0.2, -0.15) is 0 Å². The monoisotopic (exact) mass is 505 g/mol. The van der Waals surface area contributed by atoms with E-state index in [0.29, 0.717) is 32.8 Å². The van der Waals surface area contributed by atoms with Gasteiger partial charge in [-0.15, -0.1) is 0 Å². The normalized spacial score (nSPS) is 18.9. The highest BCUT2D eigenvalue weighted by atomic mass is 16.5. The van der Waals surface area contributed by atoms with Crippen LogP contribution in [0, 0.1) is 12.3 Å². The summed E-state index contributed by atoms with van der Waals surface area (Å²) in [5, 5.41) is 0. The molecule has 0 N–H and O–H groups in total. The zero-order valence-corrected chi connectivity index (χ0v) is 22.9. The largest absolute Gasteiger partial charge is 0.491 e. The van der Waals surface area contributed by atoms with Gasteiger partial charge in [0.05, 0.1) is 18.5 Å². The molecular weight excluding hydrogens is 462 g/mol. The minimum atomic E-state index is -0.338. The van der Waals surface area contributed by atoms with Gasteiger partial charge in [0.2, 0.25) is 11.8 Å². The lowest BCUT2D eigenvalue weighted by molar-refractivity contribution is -0.146. The van der Waals surface area contributed by atoms with Gasteiger partial charge in [0.1, 0.15) is 12.4 Å². The second-order valence-electron chi connectivity index (χ2n) is 10.6. The predicted molar refractivity (Wildman–Crippen MR) is 149 cm³/mol. The van der Waals surface area contributed by atoms with E-state index in [1.165, 1.54) is 5.56 Å². The molecule has 2 aliphatic rings. The maximum absolute atomic E-state index is 13.9. The fourth-order valence-electron chi connectivity index (χ4n) is 5.92. The molecule has 0 atom stereocenters. The number of likely N-dealkylation sites (tertiary alicyclic amines) is 1. The van der Waals surface area contributed by atoms with Gasteiger partial charge in [-0.25, -0.2) is 0 Å². The van der Waals surface area contributed by atoms with E-state index in [-0.39, 0.29) is 17.2 Å². The number of carbonyl (C=O) groups is 2. The first-order valence-corrected chi connectivity index (χ1v) is 14.0. The molecule has 0 saturated carbocycles. The van der Waals surface area contributed by atoms with Crippen LogP contribution in [-0.4, -0.2) is 67.5 Å². The molecule has 1 spiro atoms. The fraction of sp³-hybridized carbons (Fsp3) is 0.548. The van der Waals surface area contributed by atoms with Gasteiger partial charge >= 0.3 is 0 Å². The minimum Gasteiger partial charge on any atom is -0.491 e. The van der Waals surface area contributed by atoms with E-state index in [9.17, 15) is 9.59 Å². The van der Waals surface area contributed by atoms with Gasteiger partial charge in [0.15, 0.2) is 0 Å². The van der Waals surface area contributed by atoms with E-state index in [0.717, 1.165) is 68.6 Å². The molecule has 0 aliphatic carbocycles. The summed E-state index contributed by atoms with van der Waals surface area (Å²) >= 11 is 0. The average Bonchev–Trinajstić information content (AvgIpc) is 2.90. The van der Waals surface area contributed by atoms with Crippen LogP contribution in [0.15, 0.2) is 48.5 Å². The summed E-state index contributed by atoms with van der Waals surface area (Å²) in [6, 6.07) is 16.4. The van der Waals surface area contributed by atoms with Crippen molar-refractivity contribution in [2.45, 2.75) is 59.3 Å². The van der Waals surface area contributed by atoms with Gasteiger partial charge in [0, 0.05) is 18.8 Å². The standard InChI is InChI=1S/C31H43N3O3/c1-4-33-21-22-37-28-15-7-6-12-26(28)13-8-9-16-31(30(33)36)17-19-32(20-18-31)24-29(35)34(5-2)27-14-10-11-25(3)23-27/h6-7,10-12,14-15,23H,4-5,8-9,13,16-22,24H2,1-3H3. The van der Waals surface area contributed by atoms with Crippen molar-refractivity contribution in [1.29, 1.82) is 0 Å². The third kappa shape index (κ3) is 6.53. The molecule has 2 aromatic carbocycles. The van der Waals surface area contributed by atoms with Gasteiger partial charge in [-0.3, -0.25) is 14.5 Å². The molecule has 2 aromatic rings. The molecular formula is C31H43N3O3. The summed E-state index contributed by atoms with van der Waals surface area (Å²) in [6.07, 6.45) is 5.58. The highest BCUT2D eigenvalue weighted by Crippen LogP contribution is 2.39. The fourth-order valence-corrected chi connectivity index (χ4v) is 5.92. The summed E-state index contributed by atoms with van der Waals surface area (Å²) in [6.45, 7) is 10.5. The van der Waals surface area contributed by atoms with Crippen molar-refractivity contribution < 1.29 is 14.3 Å². The number of fused-ring (bicyclic) bond motifs is 1. The molecule has 2 heterocycles. The first-order valence-electron chi connectivity index (χ1n) is 14.0. The van der Waals surface area contributed by atoms with Crippen molar-refractivity contribution >= 4 is 17.5 Å². The highest BCUT2D eigenvalue weighted by molar-refractivity contribution is 5.94. The van der Waals surface area contributed by atoms with E-state index in [1.807, 2.05) is 41.0 Å². The van der Waals surface area contributed by atoms with Crippen LogP contribution in [0.25, 0.3) is 0 Å². The number of aryl methyl sites for hydroxylation is 2. The first kappa shape index (κ1) is 27.2. The number of rotatable bonds is 5. The first-order chi connectivity index (χ1) is 18.0. The second-order valence-corrected chi connectivity index (χ2v) is 10.6. The molecule has 37 heavy (non-hydrogen) atoms. The number of piperidine rings is 1. The lowest BCUT2D eigenvalue weighted by atomic mass is 9.73. The smallest absolute Gasteiger partial charge is 0.241 e. The van der Waals surface area contributed by atoms with Crippen LogP contribution < -0.4 is 9.64 Å². The highest BCUT2D eigenvalue weighted by Gasteiger charge is 2.43. The number of nitrogens with zero attached hydrogens (tertiary/aromatic N) is 3. The molecule has 1 saturated heterocycles. The van der Waals surface area contributed by atoms with Crippen LogP contribution in [-0.2, 0) is 16.0 Å². The predicted octanol–water partition coefficient (Wildman–Crippen LogP) is 5.08. The van der Waals surface area contributed by atoms with Crippen molar-refractivity contribution in [1.82, 2.24) is 9.80 Å². The topological polar surface area (TPSA) is 53.1 Å². The van der Waals surface area contributed by atoms with Crippen molar-refractivity contribution in [3.8, 4) is 5.75 Å². The Morgan fingerprint density at radius 3 is 2.51 bits per heavy atom. The number of likely N-dealkylation sites (N-methyl/N-ethyl adjacent to an activating group) is 2. The Balaban J connectivity index is 1.42. The number of benzene rings is 2. The third-order valence-electron chi connectivity index (χ3n) is 8.17. The summed E-state index contributed by atoms with van der Waals surface area (Å²) in [5.41, 5.74) is 3.03. The number of carbonyl (C=O) groups excluding carboxylic acids is 2. The molecule has 0 radical (unpaired) electrons. The molecule has 2 aliphatic heterocycles. The molecule has 6 nitrogen and oxygen atoms in total. The number of amides is 2. The van der Waals surface area contributed by atoms with Gasteiger partial charge in [0.25, 0.3) is 0 Å². The van der Waals surface area contributed by atoms with Crippen LogP contribution in [0.4, 0.5) is 5.69 Å². The Morgan fingerprint density at radius 2 is 1.78 bits per heavy atom. The summed E-state index contributed by atoms with van der Waals surface area (Å²) in [7, 11) is 0. The van der Waals surface area contributed by atoms with Crippen LogP contribution in [0.2, 0.25) is 0 Å². The van der Waals surface area contributed by atoms with Crippen LogP contribution in [0.1, 0.15) is 57.1 Å². The molecule has 2 amide bonds. The number of anilines is 1. The van der Waals surface area contributed by atoms with Crippen LogP contribution in [0.5, 0.6) is 5.75 Å². The van der Waals surface area contributed by atoms with Crippen molar-refractivity contribution in [3.63, 3.8) is 0 Å². The van der Waals surface area contributed by atoms with E-state index >= 15 is 0 Å². The van der Waals surface area contributed by atoms with E-state index in [4.69, 9.17) is 4.74 Å². The molecule has 4 rings (SSSR count). The summed E-state index contributed by atoms with van der Waals surface area (Å²) < 4.78 is 6.11. The Kier molecular flexibility index (Phi) is 9.25. The van der Waals surface area contributed by atoms with Crippen molar-refractivity contribution in [2.75, 3.05) is 50.8 Å². The Morgan fingerprint density at radius 1 is 1.00 bits per heavy atom. The quantitative estimate of drug-likeness (QED) is 0.568. The molecule has 1 fully saturated rings. The number of ether oxygens (including phenoxy) is 1. The number of para-hydroxylation sites is 1. The zero-order chi connectivity index (χ0) is 26.3. The molecule has 6 heteroatoms. The number of hydrogen-bond donors (Lipinski definition) is 0. The zero-order valence-electron chi connectivity index (χ0n) is 22.9. The Labute approximate surface area is 222 Å². The van der Waals surface area contributed by atoms with E-state index < -0.39 is 0 Å². The van der Waals surface area contributed by atoms with E-state index in [1.54, 1.807) is 0 Å². The van der Waals surface area contributed by atoms with Crippen molar-refractivity contribution in [3.05, 3.63) is 59.7 Å². The Bertz CT molecular complexity index is 1060. The van der Waals surface area contributed by atoms with Crippen molar-refractivity contribution in [2.24, 2.45) is 5.41 Å².